The van der Waals surface area contributed by atoms with Crippen LogP contribution in [0, 0.1) is 0 Å². The fraction of sp³-hybridized carbons (Fsp3) is 0.0588. The van der Waals surface area contributed by atoms with Crippen LogP contribution < -0.4 is 9.80 Å². The number of fused-ring (bicyclic) bond motifs is 16. The van der Waals surface area contributed by atoms with E-state index in [4.69, 9.17) is 0 Å². The molecule has 2 heterocycles. The van der Waals surface area contributed by atoms with Crippen LogP contribution in [0.15, 0.2) is 237 Å². The summed E-state index contributed by atoms with van der Waals surface area (Å²) < 4.78 is 0. The first-order valence-corrected chi connectivity index (χ1v) is 24.5. The van der Waals surface area contributed by atoms with E-state index >= 15 is 0 Å². The molecule has 0 amide bonds. The van der Waals surface area contributed by atoms with Gasteiger partial charge in [-0.1, -0.05) is 214 Å². The van der Waals surface area contributed by atoms with Crippen LogP contribution in [-0.2, 0) is 5.41 Å². The Balaban J connectivity index is 0.771. The zero-order chi connectivity index (χ0) is 46.5. The number of nitrogens with zero attached hydrogens (tertiary/aromatic N) is 2. The van der Waals surface area contributed by atoms with Crippen molar-refractivity contribution >= 4 is 67.7 Å². The molecule has 10 aromatic carbocycles. The molecule has 0 N–H and O–H groups in total. The summed E-state index contributed by atoms with van der Waals surface area (Å²) in [5.41, 5.74) is 23.5. The summed E-state index contributed by atoms with van der Waals surface area (Å²) >= 11 is 0. The highest BCUT2D eigenvalue weighted by molar-refractivity contribution is 6.10. The van der Waals surface area contributed by atoms with Crippen LogP contribution in [-0.4, -0.2) is 6.04 Å². The van der Waals surface area contributed by atoms with Gasteiger partial charge in [-0.05, 0) is 131 Å². The van der Waals surface area contributed by atoms with Crippen LogP contribution >= 0.6 is 0 Å². The third kappa shape index (κ3) is 6.26. The summed E-state index contributed by atoms with van der Waals surface area (Å²) in [5.74, 6) is 0. The van der Waals surface area contributed by atoms with Crippen molar-refractivity contribution in [2.45, 2.75) is 25.3 Å². The van der Waals surface area contributed by atoms with E-state index in [0.29, 0.717) is 0 Å². The maximum atomic E-state index is 2.53. The van der Waals surface area contributed by atoms with Crippen molar-refractivity contribution in [2.24, 2.45) is 0 Å². The lowest BCUT2D eigenvalue weighted by molar-refractivity contribution is 0.660. The lowest BCUT2D eigenvalue weighted by atomic mass is 9.81. The molecule has 0 aromatic heterocycles. The lowest BCUT2D eigenvalue weighted by Crippen LogP contribution is -2.29. The Bertz CT molecular complexity index is 3880. The minimum atomic E-state index is -0.184. The summed E-state index contributed by atoms with van der Waals surface area (Å²) in [7, 11) is 0. The number of allylic oxidation sites excluding steroid dienone is 4. The number of rotatable bonds is 4. The third-order valence-corrected chi connectivity index (χ3v) is 15.4. The molecule has 2 aliphatic carbocycles. The second kappa shape index (κ2) is 15.7. The number of hydrogen-bond acceptors (Lipinski definition) is 2. The van der Waals surface area contributed by atoms with Crippen LogP contribution in [0.1, 0.15) is 41.7 Å². The number of hydrogen-bond donors (Lipinski definition) is 0. The molecule has 1 atom stereocenters. The zero-order valence-corrected chi connectivity index (χ0v) is 39.1. The van der Waals surface area contributed by atoms with Crippen molar-refractivity contribution in [3.05, 3.63) is 264 Å². The van der Waals surface area contributed by atoms with Crippen LogP contribution in [0.5, 0.6) is 0 Å². The Morgan fingerprint density at radius 3 is 1.59 bits per heavy atom. The topological polar surface area (TPSA) is 6.48 Å². The van der Waals surface area contributed by atoms with Gasteiger partial charge in [0, 0.05) is 39.2 Å². The summed E-state index contributed by atoms with van der Waals surface area (Å²) in [6.07, 6.45) is 15.9. The molecule has 0 saturated carbocycles. The summed E-state index contributed by atoms with van der Waals surface area (Å²) in [6, 6.07) is 76.8. The Hall–Kier alpha value is -8.72. The van der Waals surface area contributed by atoms with E-state index < -0.39 is 0 Å². The molecule has 0 radical (unpaired) electrons. The van der Waals surface area contributed by atoms with E-state index in [9.17, 15) is 0 Å². The van der Waals surface area contributed by atoms with E-state index in [-0.39, 0.29) is 11.5 Å². The predicted molar refractivity (Wildman–Crippen MR) is 298 cm³/mol. The smallest absolute Gasteiger partial charge is 0.0718 e. The normalized spacial score (nSPS) is 15.7. The Morgan fingerprint density at radius 1 is 0.400 bits per heavy atom. The maximum absolute atomic E-state index is 2.53. The highest BCUT2D eigenvalue weighted by atomic mass is 15.2. The highest BCUT2D eigenvalue weighted by Crippen LogP contribution is 2.53. The number of benzene rings is 10. The largest absolute Gasteiger partial charge is 0.330 e. The highest BCUT2D eigenvalue weighted by Gasteiger charge is 2.37. The van der Waals surface area contributed by atoms with Crippen molar-refractivity contribution in [3.63, 3.8) is 0 Å². The van der Waals surface area contributed by atoms with Gasteiger partial charge in [0.15, 0.2) is 0 Å². The van der Waals surface area contributed by atoms with Crippen molar-refractivity contribution in [1.29, 1.82) is 0 Å². The van der Waals surface area contributed by atoms with Crippen molar-refractivity contribution in [1.82, 2.24) is 0 Å². The zero-order valence-electron chi connectivity index (χ0n) is 39.1. The third-order valence-electron chi connectivity index (χ3n) is 15.4. The van der Waals surface area contributed by atoms with Gasteiger partial charge in [0.2, 0.25) is 0 Å². The quantitative estimate of drug-likeness (QED) is 0.128. The van der Waals surface area contributed by atoms with Crippen molar-refractivity contribution < 1.29 is 0 Å². The molecule has 330 valence electrons. The molecule has 14 rings (SSSR count). The van der Waals surface area contributed by atoms with E-state index in [1.54, 1.807) is 0 Å². The Morgan fingerprint density at radius 2 is 0.900 bits per heavy atom. The van der Waals surface area contributed by atoms with Gasteiger partial charge < -0.3 is 9.80 Å². The predicted octanol–water partition coefficient (Wildman–Crippen LogP) is 18.3. The van der Waals surface area contributed by atoms with Gasteiger partial charge >= 0.3 is 0 Å². The van der Waals surface area contributed by atoms with Gasteiger partial charge in [0.05, 0.1) is 17.4 Å². The maximum Gasteiger partial charge on any atom is 0.0718 e. The monoisotopic (exact) mass is 892 g/mol. The van der Waals surface area contributed by atoms with E-state index in [0.717, 1.165) is 5.69 Å². The fourth-order valence-corrected chi connectivity index (χ4v) is 12.0. The SMILES string of the molecule is CC1(C)c2cc(/C=C/c3ccc4c(ccc5cc(N6c7ccccc7-c7ccccc7-c7ccccc76)ccc54)c3)ccc2-c2ccc(N3c4ccccc4-c4ccccc4C4=CC3C=CC=C4)cc21. The molecular formula is C68H48N2. The molecule has 10 aromatic rings. The first-order valence-electron chi connectivity index (χ1n) is 24.5. The van der Waals surface area contributed by atoms with Gasteiger partial charge in [-0.15, -0.1) is 0 Å². The Kier molecular flexibility index (Phi) is 9.03. The molecule has 1 unspecified atom stereocenters. The standard InChI is InChI=1S/C68H48N2/c1-68(2)63-40-45(30-36-58(63)59-38-34-51(43-64(59)68)69-49-16-4-3-15-46(41-49)52-17-5-6-18-55(52)60-21-9-12-24-65(60)69)28-27-44-29-35-53-47(39-44)31-32-48-42-50(33-37-54(48)53)70-66-25-13-10-22-61(66)56-19-7-8-20-57(56)62-23-11-14-26-67(62)70/h3-43,49H,1-2H3/b28-27+. The second-order valence-electron chi connectivity index (χ2n) is 19.6. The van der Waals surface area contributed by atoms with Crippen LogP contribution in [0.25, 0.3) is 83.8 Å². The van der Waals surface area contributed by atoms with Gasteiger partial charge in [0.25, 0.3) is 0 Å². The number of anilines is 5. The minimum Gasteiger partial charge on any atom is -0.330 e. The van der Waals surface area contributed by atoms with E-state index in [1.807, 2.05) is 0 Å². The molecule has 2 bridgehead atoms. The summed E-state index contributed by atoms with van der Waals surface area (Å²) in [5, 5.41) is 4.97. The molecular weight excluding hydrogens is 845 g/mol. The van der Waals surface area contributed by atoms with Crippen molar-refractivity contribution in [2.75, 3.05) is 9.80 Å². The van der Waals surface area contributed by atoms with Gasteiger partial charge in [0.1, 0.15) is 0 Å². The molecule has 0 fully saturated rings. The van der Waals surface area contributed by atoms with E-state index in [2.05, 4.69) is 272 Å². The molecule has 2 nitrogen and oxygen atoms in total. The van der Waals surface area contributed by atoms with Gasteiger partial charge in [-0.2, -0.15) is 0 Å². The molecule has 2 heteroatoms. The van der Waals surface area contributed by atoms with Gasteiger partial charge in [-0.25, -0.2) is 0 Å². The average Bonchev–Trinajstić information content (AvgIpc) is 3.58. The number of para-hydroxylation sites is 3. The summed E-state index contributed by atoms with van der Waals surface area (Å²) in [4.78, 5) is 4.97. The fourth-order valence-electron chi connectivity index (χ4n) is 12.0. The molecule has 4 aliphatic rings. The molecule has 0 saturated heterocycles. The minimum absolute atomic E-state index is 0.0500. The first-order chi connectivity index (χ1) is 34.5. The molecule has 0 spiro atoms. The molecule has 70 heavy (non-hydrogen) atoms. The lowest BCUT2D eigenvalue weighted by Gasteiger charge is -2.35. The van der Waals surface area contributed by atoms with E-state index in [1.165, 1.54) is 122 Å². The summed E-state index contributed by atoms with van der Waals surface area (Å²) in [6.45, 7) is 4.78. The second-order valence-corrected chi connectivity index (χ2v) is 19.6. The van der Waals surface area contributed by atoms with Crippen LogP contribution in [0.4, 0.5) is 28.4 Å². The Labute approximate surface area is 409 Å². The molecule has 2 aliphatic heterocycles. The van der Waals surface area contributed by atoms with Crippen LogP contribution in [0.2, 0.25) is 0 Å². The first kappa shape index (κ1) is 40.4. The van der Waals surface area contributed by atoms with Gasteiger partial charge in [-0.3, -0.25) is 0 Å². The van der Waals surface area contributed by atoms with Crippen molar-refractivity contribution in [3.8, 4) is 44.5 Å². The average molecular weight is 893 g/mol. The van der Waals surface area contributed by atoms with Crippen LogP contribution in [0.3, 0.4) is 0 Å².